The lowest BCUT2D eigenvalue weighted by Crippen LogP contribution is -1.99. The molecule has 0 radical (unpaired) electrons. The van der Waals surface area contributed by atoms with Crippen LogP contribution in [-0.2, 0) is 22.6 Å². The van der Waals surface area contributed by atoms with Crippen LogP contribution in [0.4, 0.5) is 0 Å². The Kier molecular flexibility index (Phi) is 7.15. The summed E-state index contributed by atoms with van der Waals surface area (Å²) in [4.78, 5) is 20.8. The SMILES string of the molecule is CCCc1ccc(OCc2ccc3ccccc3n2)c(Cl)c1.O=C=O. The summed E-state index contributed by atoms with van der Waals surface area (Å²) in [5.41, 5.74) is 3.11. The number of carbonyl (C=O) groups excluding carboxylic acids is 2. The second-order valence-electron chi connectivity index (χ2n) is 5.38. The molecule has 5 heteroatoms. The summed E-state index contributed by atoms with van der Waals surface area (Å²) in [6.45, 7) is 2.57. The summed E-state index contributed by atoms with van der Waals surface area (Å²) < 4.78 is 5.81. The molecular weight excluding hydrogens is 338 g/mol. The van der Waals surface area contributed by atoms with Gasteiger partial charge < -0.3 is 4.74 Å². The number of hydrogen-bond acceptors (Lipinski definition) is 4. The summed E-state index contributed by atoms with van der Waals surface area (Å²) >= 11 is 6.28. The second-order valence-corrected chi connectivity index (χ2v) is 5.79. The van der Waals surface area contributed by atoms with E-state index in [0.717, 1.165) is 29.4 Å². The van der Waals surface area contributed by atoms with Gasteiger partial charge in [0.25, 0.3) is 0 Å². The summed E-state index contributed by atoms with van der Waals surface area (Å²) in [7, 11) is 0. The van der Waals surface area contributed by atoms with Crippen molar-refractivity contribution < 1.29 is 14.3 Å². The number of fused-ring (bicyclic) bond motifs is 1. The van der Waals surface area contributed by atoms with Gasteiger partial charge in [-0.2, -0.15) is 9.59 Å². The third-order valence-electron chi connectivity index (χ3n) is 3.57. The minimum Gasteiger partial charge on any atom is -0.486 e. The van der Waals surface area contributed by atoms with Gasteiger partial charge in [-0.15, -0.1) is 0 Å². The van der Waals surface area contributed by atoms with Crippen LogP contribution in [0.5, 0.6) is 5.75 Å². The van der Waals surface area contributed by atoms with Crippen LogP contribution in [0.1, 0.15) is 24.6 Å². The number of benzene rings is 2. The molecule has 0 aliphatic rings. The Morgan fingerprint density at radius 1 is 1.08 bits per heavy atom. The zero-order valence-corrected chi connectivity index (χ0v) is 14.6. The topological polar surface area (TPSA) is 56.3 Å². The fourth-order valence-electron chi connectivity index (χ4n) is 2.45. The van der Waals surface area contributed by atoms with E-state index < -0.39 is 0 Å². The van der Waals surface area contributed by atoms with E-state index in [-0.39, 0.29) is 6.15 Å². The molecule has 0 atom stereocenters. The van der Waals surface area contributed by atoms with Crippen molar-refractivity contribution in [3.8, 4) is 5.75 Å². The van der Waals surface area contributed by atoms with Gasteiger partial charge in [0, 0.05) is 5.39 Å². The second kappa shape index (κ2) is 9.58. The van der Waals surface area contributed by atoms with Crippen LogP contribution < -0.4 is 4.74 Å². The van der Waals surface area contributed by atoms with E-state index >= 15 is 0 Å². The molecule has 0 aliphatic carbocycles. The van der Waals surface area contributed by atoms with Crippen molar-refractivity contribution in [2.45, 2.75) is 26.4 Å². The van der Waals surface area contributed by atoms with E-state index in [9.17, 15) is 0 Å². The van der Waals surface area contributed by atoms with E-state index in [1.165, 1.54) is 5.56 Å². The number of nitrogens with zero attached hydrogens (tertiary/aromatic N) is 1. The number of rotatable bonds is 5. The predicted molar refractivity (Wildman–Crippen MR) is 96.5 cm³/mol. The summed E-state index contributed by atoms with van der Waals surface area (Å²) in [6.07, 6.45) is 2.39. The van der Waals surface area contributed by atoms with E-state index in [0.29, 0.717) is 17.4 Å². The third-order valence-corrected chi connectivity index (χ3v) is 3.86. The van der Waals surface area contributed by atoms with Crippen molar-refractivity contribution in [3.05, 3.63) is 70.9 Å². The van der Waals surface area contributed by atoms with Gasteiger partial charge in [0.2, 0.25) is 0 Å². The molecule has 4 nitrogen and oxygen atoms in total. The predicted octanol–water partition coefficient (Wildman–Crippen LogP) is 4.84. The van der Waals surface area contributed by atoms with Gasteiger partial charge in [-0.05, 0) is 36.2 Å². The number of pyridine rings is 1. The Morgan fingerprint density at radius 2 is 1.84 bits per heavy atom. The van der Waals surface area contributed by atoms with Gasteiger partial charge >= 0.3 is 6.15 Å². The van der Waals surface area contributed by atoms with E-state index in [2.05, 4.69) is 30.1 Å². The number of aromatic nitrogens is 1. The maximum absolute atomic E-state index is 8.12. The largest absolute Gasteiger partial charge is 0.486 e. The Labute approximate surface area is 151 Å². The Hall–Kier alpha value is -2.68. The van der Waals surface area contributed by atoms with Crippen LogP contribution in [-0.4, -0.2) is 11.1 Å². The fraction of sp³-hybridized carbons (Fsp3) is 0.200. The first-order valence-corrected chi connectivity index (χ1v) is 8.31. The van der Waals surface area contributed by atoms with Crippen molar-refractivity contribution >= 4 is 28.7 Å². The molecule has 2 aromatic carbocycles. The molecule has 0 saturated heterocycles. The molecule has 1 aromatic heterocycles. The maximum atomic E-state index is 8.12. The lowest BCUT2D eigenvalue weighted by atomic mass is 10.1. The molecule has 0 spiro atoms. The van der Waals surface area contributed by atoms with Crippen LogP contribution >= 0.6 is 11.6 Å². The highest BCUT2D eigenvalue weighted by atomic mass is 35.5. The first-order chi connectivity index (χ1) is 12.2. The van der Waals surface area contributed by atoms with Gasteiger partial charge in [0.1, 0.15) is 12.4 Å². The van der Waals surface area contributed by atoms with Gasteiger partial charge in [0.15, 0.2) is 0 Å². The average molecular weight is 356 g/mol. The summed E-state index contributed by atoms with van der Waals surface area (Å²) in [5, 5.41) is 1.79. The van der Waals surface area contributed by atoms with E-state index in [4.69, 9.17) is 25.9 Å². The minimum absolute atomic E-state index is 0.250. The lowest BCUT2D eigenvalue weighted by Gasteiger charge is -2.09. The monoisotopic (exact) mass is 355 g/mol. The van der Waals surface area contributed by atoms with Crippen LogP contribution in [0.15, 0.2) is 54.6 Å². The van der Waals surface area contributed by atoms with Gasteiger partial charge in [-0.25, -0.2) is 4.98 Å². The molecule has 3 rings (SSSR count). The van der Waals surface area contributed by atoms with Crippen LogP contribution in [0.3, 0.4) is 0 Å². The average Bonchev–Trinajstić information content (AvgIpc) is 2.62. The molecule has 3 aromatic rings. The molecule has 1 heterocycles. The zero-order chi connectivity index (χ0) is 18.1. The highest BCUT2D eigenvalue weighted by Crippen LogP contribution is 2.26. The number of aryl methyl sites for hydroxylation is 1. The number of ether oxygens (including phenoxy) is 1. The highest BCUT2D eigenvalue weighted by molar-refractivity contribution is 6.32. The molecular formula is C20H18ClNO3. The smallest absolute Gasteiger partial charge is 0.373 e. The van der Waals surface area contributed by atoms with Crippen LogP contribution in [0.2, 0.25) is 5.02 Å². The summed E-state index contributed by atoms with van der Waals surface area (Å²) in [5.74, 6) is 0.705. The Bertz CT molecular complexity index is 874. The fourth-order valence-corrected chi connectivity index (χ4v) is 2.70. The van der Waals surface area contributed by atoms with Crippen molar-refractivity contribution in [2.24, 2.45) is 0 Å². The molecule has 0 aliphatic heterocycles. The molecule has 25 heavy (non-hydrogen) atoms. The Balaban J connectivity index is 0.000000701. The van der Waals surface area contributed by atoms with Gasteiger partial charge in [-0.1, -0.05) is 55.3 Å². The maximum Gasteiger partial charge on any atom is 0.373 e. The third kappa shape index (κ3) is 5.42. The van der Waals surface area contributed by atoms with E-state index in [1.54, 1.807) is 0 Å². The van der Waals surface area contributed by atoms with Gasteiger partial charge in [0.05, 0.1) is 16.2 Å². The van der Waals surface area contributed by atoms with Crippen LogP contribution in [0, 0.1) is 0 Å². The zero-order valence-electron chi connectivity index (χ0n) is 13.9. The lowest BCUT2D eigenvalue weighted by molar-refractivity contribution is -0.191. The number of hydrogen-bond donors (Lipinski definition) is 0. The van der Waals surface area contributed by atoms with Crippen molar-refractivity contribution in [3.63, 3.8) is 0 Å². The normalized spacial score (nSPS) is 9.84. The van der Waals surface area contributed by atoms with Crippen LogP contribution in [0.25, 0.3) is 10.9 Å². The first-order valence-electron chi connectivity index (χ1n) is 7.93. The molecule has 0 amide bonds. The van der Waals surface area contributed by atoms with Crippen molar-refractivity contribution in [1.29, 1.82) is 0 Å². The minimum atomic E-state index is 0.250. The molecule has 0 unspecified atom stereocenters. The molecule has 0 fully saturated rings. The highest BCUT2D eigenvalue weighted by Gasteiger charge is 2.05. The molecule has 0 N–H and O–H groups in total. The number of para-hydroxylation sites is 1. The van der Waals surface area contributed by atoms with Crippen molar-refractivity contribution in [1.82, 2.24) is 4.98 Å². The van der Waals surface area contributed by atoms with Gasteiger partial charge in [-0.3, -0.25) is 0 Å². The molecule has 128 valence electrons. The number of halogens is 1. The molecule has 0 saturated carbocycles. The van der Waals surface area contributed by atoms with E-state index in [1.807, 2.05) is 36.4 Å². The standard InChI is InChI=1S/C19H18ClNO.CO2/c1-2-5-14-8-11-19(17(20)12-14)22-13-16-10-9-15-6-3-4-7-18(15)21-16;2-1-3/h3-4,6-12H,2,5,13H2,1H3;. The summed E-state index contributed by atoms with van der Waals surface area (Å²) in [6, 6.07) is 18.1. The first kappa shape index (κ1) is 18.7. The molecule has 0 bridgehead atoms. The Morgan fingerprint density at radius 3 is 2.56 bits per heavy atom. The van der Waals surface area contributed by atoms with Crippen molar-refractivity contribution in [2.75, 3.05) is 0 Å². The quantitative estimate of drug-likeness (QED) is 0.657.